The van der Waals surface area contributed by atoms with Gasteiger partial charge in [-0.2, -0.15) is 0 Å². The molecule has 5 heteroatoms. The summed E-state index contributed by atoms with van der Waals surface area (Å²) >= 11 is 0. The molecule has 108 valence electrons. The molecule has 5 nitrogen and oxygen atoms in total. The van der Waals surface area contributed by atoms with Crippen molar-refractivity contribution in [2.75, 3.05) is 13.6 Å². The van der Waals surface area contributed by atoms with Gasteiger partial charge >= 0.3 is 12.0 Å². The lowest BCUT2D eigenvalue weighted by Crippen LogP contribution is -2.41. The Bertz CT molecular complexity index is 524. The van der Waals surface area contributed by atoms with E-state index in [2.05, 4.69) is 5.32 Å². The van der Waals surface area contributed by atoms with E-state index < -0.39 is 11.4 Å². The van der Waals surface area contributed by atoms with Crippen LogP contribution in [0, 0.1) is 12.3 Å². The lowest BCUT2D eigenvalue weighted by Gasteiger charge is -2.20. The third-order valence-corrected chi connectivity index (χ3v) is 3.73. The Kier molecular flexibility index (Phi) is 3.97. The van der Waals surface area contributed by atoms with Crippen LogP contribution in [0.1, 0.15) is 24.0 Å². The van der Waals surface area contributed by atoms with Gasteiger partial charge in [-0.25, -0.2) is 4.79 Å². The number of aliphatic carboxylic acids is 1. The molecule has 0 aromatic heterocycles. The van der Waals surface area contributed by atoms with Gasteiger partial charge in [0, 0.05) is 20.1 Å². The molecular weight excluding hydrogens is 256 g/mol. The number of carboxylic acids is 1. The molecule has 20 heavy (non-hydrogen) atoms. The number of urea groups is 1. The number of benzene rings is 1. The number of carbonyl (C=O) groups is 2. The van der Waals surface area contributed by atoms with E-state index in [-0.39, 0.29) is 12.6 Å². The van der Waals surface area contributed by atoms with Gasteiger partial charge in [0.25, 0.3) is 0 Å². The highest BCUT2D eigenvalue weighted by Gasteiger charge is 2.50. The van der Waals surface area contributed by atoms with Crippen molar-refractivity contribution in [2.45, 2.75) is 26.3 Å². The Morgan fingerprint density at radius 1 is 1.40 bits per heavy atom. The number of carboxylic acid groups (broad SMARTS) is 1. The molecule has 1 saturated carbocycles. The summed E-state index contributed by atoms with van der Waals surface area (Å²) in [6.45, 7) is 2.72. The number of rotatable bonds is 5. The maximum absolute atomic E-state index is 12.0. The first-order valence-electron chi connectivity index (χ1n) is 6.71. The molecule has 2 rings (SSSR count). The third-order valence-electron chi connectivity index (χ3n) is 3.73. The molecule has 0 atom stereocenters. The van der Waals surface area contributed by atoms with Crippen molar-refractivity contribution >= 4 is 12.0 Å². The van der Waals surface area contributed by atoms with Crippen molar-refractivity contribution in [2.24, 2.45) is 5.41 Å². The number of aryl methyl sites for hydroxylation is 1. The second-order valence-corrected chi connectivity index (χ2v) is 5.59. The monoisotopic (exact) mass is 276 g/mol. The number of carbonyl (C=O) groups excluding carboxylic acids is 1. The molecule has 0 unspecified atom stereocenters. The number of nitrogens with zero attached hydrogens (tertiary/aromatic N) is 1. The highest BCUT2D eigenvalue weighted by atomic mass is 16.4. The summed E-state index contributed by atoms with van der Waals surface area (Å²) in [4.78, 5) is 24.5. The van der Waals surface area contributed by atoms with Gasteiger partial charge in [0.2, 0.25) is 0 Å². The van der Waals surface area contributed by atoms with Crippen LogP contribution < -0.4 is 5.32 Å². The minimum Gasteiger partial charge on any atom is -0.481 e. The number of amides is 2. The average molecular weight is 276 g/mol. The van der Waals surface area contributed by atoms with E-state index >= 15 is 0 Å². The van der Waals surface area contributed by atoms with E-state index in [1.54, 1.807) is 11.9 Å². The highest BCUT2D eigenvalue weighted by Crippen LogP contribution is 2.45. The predicted molar refractivity (Wildman–Crippen MR) is 75.3 cm³/mol. The summed E-state index contributed by atoms with van der Waals surface area (Å²) in [5.41, 5.74) is 1.49. The first-order valence-corrected chi connectivity index (χ1v) is 6.71. The lowest BCUT2D eigenvalue weighted by molar-refractivity contribution is -0.143. The standard InChI is InChI=1S/C15H20N2O3/c1-11-4-3-5-12(8-11)9-17(2)14(20)16-10-15(6-7-15)13(18)19/h3-5,8H,6-7,9-10H2,1-2H3,(H,16,20)(H,18,19). The molecule has 0 heterocycles. The maximum Gasteiger partial charge on any atom is 0.317 e. The summed E-state index contributed by atoms with van der Waals surface area (Å²) in [6.07, 6.45) is 1.29. The van der Waals surface area contributed by atoms with Crippen LogP contribution in [0.5, 0.6) is 0 Å². The minimum absolute atomic E-state index is 0.208. The summed E-state index contributed by atoms with van der Waals surface area (Å²) in [6, 6.07) is 7.73. The van der Waals surface area contributed by atoms with E-state index in [4.69, 9.17) is 5.11 Å². The van der Waals surface area contributed by atoms with Gasteiger partial charge in [-0.1, -0.05) is 29.8 Å². The predicted octanol–water partition coefficient (Wildman–Crippen LogP) is 2.00. The highest BCUT2D eigenvalue weighted by molar-refractivity contribution is 5.80. The largest absolute Gasteiger partial charge is 0.481 e. The molecule has 1 aliphatic rings. The number of hydrogen-bond donors (Lipinski definition) is 2. The molecule has 0 radical (unpaired) electrons. The smallest absolute Gasteiger partial charge is 0.317 e. The zero-order valence-corrected chi connectivity index (χ0v) is 11.8. The zero-order valence-electron chi connectivity index (χ0n) is 11.8. The molecule has 0 bridgehead atoms. The van der Waals surface area contributed by atoms with Gasteiger partial charge < -0.3 is 15.3 Å². The van der Waals surface area contributed by atoms with E-state index in [9.17, 15) is 9.59 Å². The molecule has 1 aromatic carbocycles. The molecule has 1 aromatic rings. The fourth-order valence-electron chi connectivity index (χ4n) is 2.15. The Morgan fingerprint density at radius 2 is 2.10 bits per heavy atom. The van der Waals surface area contributed by atoms with Crippen molar-refractivity contribution in [1.82, 2.24) is 10.2 Å². The Balaban J connectivity index is 1.85. The Labute approximate surface area is 118 Å². The molecule has 1 fully saturated rings. The van der Waals surface area contributed by atoms with Crippen molar-refractivity contribution in [3.8, 4) is 0 Å². The molecule has 0 spiro atoms. The van der Waals surface area contributed by atoms with Crippen molar-refractivity contribution < 1.29 is 14.7 Å². The quantitative estimate of drug-likeness (QED) is 0.864. The molecular formula is C15H20N2O3. The molecule has 2 amide bonds. The maximum atomic E-state index is 12.0. The Hall–Kier alpha value is -2.04. The SMILES string of the molecule is Cc1cccc(CN(C)C(=O)NCC2(C(=O)O)CC2)c1. The van der Waals surface area contributed by atoms with E-state index in [1.165, 1.54) is 0 Å². The van der Waals surface area contributed by atoms with Crippen LogP contribution in [0.2, 0.25) is 0 Å². The zero-order chi connectivity index (χ0) is 14.8. The molecule has 0 aliphatic heterocycles. The Morgan fingerprint density at radius 3 is 2.65 bits per heavy atom. The minimum atomic E-state index is -0.820. The van der Waals surface area contributed by atoms with Gasteiger partial charge in [-0.15, -0.1) is 0 Å². The van der Waals surface area contributed by atoms with Crippen LogP contribution in [0.25, 0.3) is 0 Å². The number of nitrogens with one attached hydrogen (secondary N) is 1. The van der Waals surface area contributed by atoms with Crippen molar-refractivity contribution in [3.63, 3.8) is 0 Å². The fraction of sp³-hybridized carbons (Fsp3) is 0.467. The second kappa shape index (κ2) is 5.53. The number of hydrogen-bond acceptors (Lipinski definition) is 2. The van der Waals surface area contributed by atoms with Crippen LogP contribution in [0.4, 0.5) is 4.79 Å². The van der Waals surface area contributed by atoms with E-state index in [0.717, 1.165) is 11.1 Å². The molecule has 1 aliphatic carbocycles. The molecule has 2 N–H and O–H groups in total. The normalized spacial score (nSPS) is 15.5. The van der Waals surface area contributed by atoms with Gasteiger partial charge in [0.15, 0.2) is 0 Å². The summed E-state index contributed by atoms with van der Waals surface area (Å²) in [5, 5.41) is 11.8. The van der Waals surface area contributed by atoms with E-state index in [0.29, 0.717) is 19.4 Å². The lowest BCUT2D eigenvalue weighted by atomic mass is 10.1. The van der Waals surface area contributed by atoms with Gasteiger partial charge in [-0.05, 0) is 25.3 Å². The summed E-state index contributed by atoms with van der Waals surface area (Å²) in [5.74, 6) is -0.820. The van der Waals surface area contributed by atoms with Gasteiger partial charge in [-0.3, -0.25) is 4.79 Å². The van der Waals surface area contributed by atoms with Crippen LogP contribution >= 0.6 is 0 Å². The summed E-state index contributed by atoms with van der Waals surface area (Å²) in [7, 11) is 1.71. The van der Waals surface area contributed by atoms with Gasteiger partial charge in [0.05, 0.1) is 5.41 Å². The van der Waals surface area contributed by atoms with Crippen LogP contribution in [-0.2, 0) is 11.3 Å². The van der Waals surface area contributed by atoms with E-state index in [1.807, 2.05) is 31.2 Å². The fourth-order valence-corrected chi connectivity index (χ4v) is 2.15. The molecule has 0 saturated heterocycles. The summed E-state index contributed by atoms with van der Waals surface area (Å²) < 4.78 is 0. The first-order chi connectivity index (χ1) is 9.43. The van der Waals surface area contributed by atoms with Crippen LogP contribution in [0.3, 0.4) is 0 Å². The van der Waals surface area contributed by atoms with Crippen molar-refractivity contribution in [1.29, 1.82) is 0 Å². The van der Waals surface area contributed by atoms with Crippen LogP contribution in [0.15, 0.2) is 24.3 Å². The first kappa shape index (κ1) is 14.4. The average Bonchev–Trinajstić information content (AvgIpc) is 3.17. The third kappa shape index (κ3) is 3.29. The van der Waals surface area contributed by atoms with Crippen molar-refractivity contribution in [3.05, 3.63) is 35.4 Å². The second-order valence-electron chi connectivity index (χ2n) is 5.59. The van der Waals surface area contributed by atoms with Gasteiger partial charge in [0.1, 0.15) is 0 Å². The topological polar surface area (TPSA) is 69.6 Å². The van der Waals surface area contributed by atoms with Crippen LogP contribution in [-0.4, -0.2) is 35.6 Å².